The van der Waals surface area contributed by atoms with Crippen molar-refractivity contribution in [1.82, 2.24) is 0 Å². The van der Waals surface area contributed by atoms with Crippen LogP contribution in [0, 0.1) is 11.3 Å². The lowest BCUT2D eigenvalue weighted by Gasteiger charge is -2.23. The van der Waals surface area contributed by atoms with Gasteiger partial charge in [0.25, 0.3) is 0 Å². The molecule has 0 aromatic heterocycles. The first-order valence-electron chi connectivity index (χ1n) is 5.68. The Morgan fingerprint density at radius 3 is 1.92 bits per heavy atom. The highest BCUT2D eigenvalue weighted by Gasteiger charge is 2.51. The van der Waals surface area contributed by atoms with Gasteiger partial charge in [0.15, 0.2) is 0 Å². The number of carbonyl (C=O) groups is 1. The average Bonchev–Trinajstić information content (AvgIpc) is 2.84. The molecule has 0 saturated heterocycles. The highest BCUT2D eigenvalue weighted by atomic mass is 16.1. The van der Waals surface area contributed by atoms with Crippen LogP contribution in [0.3, 0.4) is 0 Å². The SMILES string of the molecule is CCCC(CCC)C1(C(C)=O)CC1. The van der Waals surface area contributed by atoms with Gasteiger partial charge in [-0.2, -0.15) is 0 Å². The fourth-order valence-corrected chi connectivity index (χ4v) is 2.58. The summed E-state index contributed by atoms with van der Waals surface area (Å²) in [6.45, 7) is 6.23. The minimum Gasteiger partial charge on any atom is -0.299 e. The Morgan fingerprint density at radius 1 is 1.23 bits per heavy atom. The molecule has 1 aliphatic rings. The largest absolute Gasteiger partial charge is 0.299 e. The highest BCUT2D eigenvalue weighted by molar-refractivity contribution is 5.85. The normalized spacial score (nSPS) is 19.1. The molecule has 0 heterocycles. The minimum atomic E-state index is 0.131. The third kappa shape index (κ3) is 2.12. The molecule has 1 nitrogen and oxygen atoms in total. The molecule has 0 N–H and O–H groups in total. The Kier molecular flexibility index (Phi) is 3.52. The second kappa shape index (κ2) is 4.26. The second-order valence-corrected chi connectivity index (χ2v) is 4.49. The van der Waals surface area contributed by atoms with Gasteiger partial charge in [0, 0.05) is 5.41 Å². The molecule has 1 saturated carbocycles. The van der Waals surface area contributed by atoms with Gasteiger partial charge in [-0.1, -0.05) is 26.7 Å². The van der Waals surface area contributed by atoms with Crippen LogP contribution in [0.4, 0.5) is 0 Å². The summed E-state index contributed by atoms with van der Waals surface area (Å²) in [7, 11) is 0. The molecule has 1 aliphatic carbocycles. The van der Waals surface area contributed by atoms with Crippen LogP contribution in [0.25, 0.3) is 0 Å². The van der Waals surface area contributed by atoms with Crippen molar-refractivity contribution >= 4 is 5.78 Å². The van der Waals surface area contributed by atoms with Crippen molar-refractivity contribution in [3.63, 3.8) is 0 Å². The van der Waals surface area contributed by atoms with Gasteiger partial charge < -0.3 is 0 Å². The smallest absolute Gasteiger partial charge is 0.136 e. The van der Waals surface area contributed by atoms with Crippen LogP contribution >= 0.6 is 0 Å². The van der Waals surface area contributed by atoms with Crippen LogP contribution in [0.2, 0.25) is 0 Å². The zero-order chi connectivity index (χ0) is 9.90. The minimum absolute atomic E-state index is 0.131. The Balaban J connectivity index is 2.58. The van der Waals surface area contributed by atoms with Gasteiger partial charge in [0.1, 0.15) is 5.78 Å². The zero-order valence-electron chi connectivity index (χ0n) is 9.23. The molecule has 0 amide bonds. The summed E-state index contributed by atoms with van der Waals surface area (Å²) in [5.41, 5.74) is 0.131. The maximum Gasteiger partial charge on any atom is 0.136 e. The van der Waals surface area contributed by atoms with Crippen molar-refractivity contribution in [3.05, 3.63) is 0 Å². The predicted octanol–water partition coefficient (Wildman–Crippen LogP) is 3.57. The summed E-state index contributed by atoms with van der Waals surface area (Å²) in [5.74, 6) is 1.12. The fraction of sp³-hybridized carbons (Fsp3) is 0.917. The molecule has 13 heavy (non-hydrogen) atoms. The van der Waals surface area contributed by atoms with E-state index in [0.717, 1.165) is 12.8 Å². The number of hydrogen-bond donors (Lipinski definition) is 0. The van der Waals surface area contributed by atoms with E-state index in [1.165, 1.54) is 25.7 Å². The monoisotopic (exact) mass is 182 g/mol. The quantitative estimate of drug-likeness (QED) is 0.613. The lowest BCUT2D eigenvalue weighted by molar-refractivity contribution is -0.124. The lowest BCUT2D eigenvalue weighted by Crippen LogP contribution is -2.23. The number of Topliss-reactive ketones (excluding diaryl/α,β-unsaturated/α-hetero) is 1. The van der Waals surface area contributed by atoms with Crippen LogP contribution < -0.4 is 0 Å². The maximum atomic E-state index is 11.5. The standard InChI is InChI=1S/C12H22O/c1-4-6-11(7-5-2)12(8-9-12)10(3)13/h11H,4-9H2,1-3H3. The van der Waals surface area contributed by atoms with E-state index in [0.29, 0.717) is 11.7 Å². The van der Waals surface area contributed by atoms with Gasteiger partial charge in [0.2, 0.25) is 0 Å². The van der Waals surface area contributed by atoms with Crippen molar-refractivity contribution < 1.29 is 4.79 Å². The van der Waals surface area contributed by atoms with Crippen molar-refractivity contribution in [2.75, 3.05) is 0 Å². The Labute approximate surface area is 81.9 Å². The van der Waals surface area contributed by atoms with Crippen molar-refractivity contribution in [3.8, 4) is 0 Å². The summed E-state index contributed by atoms with van der Waals surface area (Å²) in [6.07, 6.45) is 7.25. The molecule has 0 bridgehead atoms. The number of carbonyl (C=O) groups excluding carboxylic acids is 1. The molecular weight excluding hydrogens is 160 g/mol. The van der Waals surface area contributed by atoms with Crippen molar-refractivity contribution in [1.29, 1.82) is 0 Å². The highest BCUT2D eigenvalue weighted by Crippen LogP contribution is 2.55. The van der Waals surface area contributed by atoms with E-state index in [9.17, 15) is 4.79 Å². The van der Waals surface area contributed by atoms with E-state index in [4.69, 9.17) is 0 Å². The summed E-state index contributed by atoms with van der Waals surface area (Å²) < 4.78 is 0. The third-order valence-electron chi connectivity index (χ3n) is 3.55. The second-order valence-electron chi connectivity index (χ2n) is 4.49. The average molecular weight is 182 g/mol. The molecule has 0 aromatic rings. The fourth-order valence-electron chi connectivity index (χ4n) is 2.58. The molecular formula is C12H22O. The molecule has 76 valence electrons. The molecule has 1 rings (SSSR count). The summed E-state index contributed by atoms with van der Waals surface area (Å²) >= 11 is 0. The first-order chi connectivity index (χ1) is 6.17. The van der Waals surface area contributed by atoms with E-state index < -0.39 is 0 Å². The first-order valence-corrected chi connectivity index (χ1v) is 5.68. The summed E-state index contributed by atoms with van der Waals surface area (Å²) in [6, 6.07) is 0. The number of hydrogen-bond acceptors (Lipinski definition) is 1. The van der Waals surface area contributed by atoms with E-state index in [2.05, 4.69) is 13.8 Å². The molecule has 1 fully saturated rings. The Bertz CT molecular complexity index is 174. The topological polar surface area (TPSA) is 17.1 Å². The van der Waals surface area contributed by atoms with Gasteiger partial charge in [-0.3, -0.25) is 4.79 Å². The van der Waals surface area contributed by atoms with E-state index in [1.807, 2.05) is 0 Å². The van der Waals surface area contributed by atoms with Crippen LogP contribution in [0.1, 0.15) is 59.3 Å². The number of ketones is 1. The maximum absolute atomic E-state index is 11.5. The van der Waals surface area contributed by atoms with Crippen LogP contribution in [-0.4, -0.2) is 5.78 Å². The molecule has 0 aliphatic heterocycles. The van der Waals surface area contributed by atoms with Crippen LogP contribution in [-0.2, 0) is 4.79 Å². The van der Waals surface area contributed by atoms with E-state index in [1.54, 1.807) is 6.92 Å². The van der Waals surface area contributed by atoms with E-state index >= 15 is 0 Å². The third-order valence-corrected chi connectivity index (χ3v) is 3.55. The molecule has 0 atom stereocenters. The molecule has 0 aromatic carbocycles. The van der Waals surface area contributed by atoms with Gasteiger partial charge in [-0.15, -0.1) is 0 Å². The zero-order valence-corrected chi connectivity index (χ0v) is 9.23. The van der Waals surface area contributed by atoms with Crippen LogP contribution in [0.5, 0.6) is 0 Å². The predicted molar refractivity (Wildman–Crippen MR) is 55.7 cm³/mol. The summed E-state index contributed by atoms with van der Waals surface area (Å²) in [4.78, 5) is 11.5. The van der Waals surface area contributed by atoms with Crippen molar-refractivity contribution in [2.45, 2.75) is 59.3 Å². The molecule has 0 spiro atoms. The van der Waals surface area contributed by atoms with Gasteiger partial charge in [-0.05, 0) is 38.5 Å². The molecule has 1 heteroatoms. The van der Waals surface area contributed by atoms with Gasteiger partial charge in [-0.25, -0.2) is 0 Å². The van der Waals surface area contributed by atoms with Gasteiger partial charge in [0.05, 0.1) is 0 Å². The summed E-state index contributed by atoms with van der Waals surface area (Å²) in [5, 5.41) is 0. The molecule has 0 unspecified atom stereocenters. The Morgan fingerprint density at radius 2 is 1.69 bits per heavy atom. The lowest BCUT2D eigenvalue weighted by atomic mass is 9.80. The molecule has 0 radical (unpaired) electrons. The van der Waals surface area contributed by atoms with E-state index in [-0.39, 0.29) is 5.41 Å². The van der Waals surface area contributed by atoms with Crippen LogP contribution in [0.15, 0.2) is 0 Å². The van der Waals surface area contributed by atoms with Crippen molar-refractivity contribution in [2.24, 2.45) is 11.3 Å². The first kappa shape index (κ1) is 10.7. The van der Waals surface area contributed by atoms with Gasteiger partial charge >= 0.3 is 0 Å². The number of rotatable bonds is 6. The Hall–Kier alpha value is -0.330.